The first-order valence-corrected chi connectivity index (χ1v) is 10.6. The third-order valence-corrected chi connectivity index (χ3v) is 5.48. The van der Waals surface area contributed by atoms with E-state index < -0.39 is 0 Å². The maximum atomic E-state index is 5.94. The predicted octanol–water partition coefficient (Wildman–Crippen LogP) is 3.80. The standard InChI is InChI=1S/C23H26N8/c24-17-8-6-15(7-9-17)10-11-31-14-27-20-21(28-19-3-1-2-18(25)12-19)29-23(30-22(20)31)26-13-16-4-5-16/h1-3,6-9,12,14,16H,4-5,10-11,13,24-25H2,(H2,26,28,29,30). The zero-order valence-corrected chi connectivity index (χ0v) is 17.3. The SMILES string of the molecule is Nc1ccc(CCn2cnc3c(Nc4cccc(N)c4)nc(NCC4CC4)nc32)cc1. The summed E-state index contributed by atoms with van der Waals surface area (Å²) in [5.41, 5.74) is 16.8. The molecule has 31 heavy (non-hydrogen) atoms. The van der Waals surface area contributed by atoms with Gasteiger partial charge in [-0.2, -0.15) is 9.97 Å². The summed E-state index contributed by atoms with van der Waals surface area (Å²) in [5.74, 6) is 2.00. The normalized spacial score (nSPS) is 13.4. The lowest BCUT2D eigenvalue weighted by molar-refractivity contribution is 0.709. The number of nitrogens with two attached hydrogens (primary N) is 2. The molecule has 0 saturated heterocycles. The van der Waals surface area contributed by atoms with E-state index in [9.17, 15) is 0 Å². The van der Waals surface area contributed by atoms with Crippen LogP contribution in [0.3, 0.4) is 0 Å². The number of rotatable bonds is 8. The summed E-state index contributed by atoms with van der Waals surface area (Å²) in [7, 11) is 0. The number of fused-ring (bicyclic) bond motifs is 1. The molecule has 0 bridgehead atoms. The molecule has 5 rings (SSSR count). The van der Waals surface area contributed by atoms with Gasteiger partial charge in [0.05, 0.1) is 6.33 Å². The van der Waals surface area contributed by atoms with Crippen LogP contribution in [0.15, 0.2) is 54.9 Å². The largest absolute Gasteiger partial charge is 0.399 e. The van der Waals surface area contributed by atoms with Crippen LogP contribution < -0.4 is 22.1 Å². The molecule has 1 aliphatic carbocycles. The van der Waals surface area contributed by atoms with Gasteiger partial charge in [0.15, 0.2) is 17.0 Å². The number of nitrogens with one attached hydrogen (secondary N) is 2. The van der Waals surface area contributed by atoms with E-state index in [-0.39, 0.29) is 0 Å². The van der Waals surface area contributed by atoms with Gasteiger partial charge in [-0.15, -0.1) is 0 Å². The molecule has 2 heterocycles. The smallest absolute Gasteiger partial charge is 0.226 e. The number of hydrogen-bond acceptors (Lipinski definition) is 7. The number of aromatic nitrogens is 4. The van der Waals surface area contributed by atoms with Gasteiger partial charge in [0.2, 0.25) is 5.95 Å². The summed E-state index contributed by atoms with van der Waals surface area (Å²) in [4.78, 5) is 14.1. The summed E-state index contributed by atoms with van der Waals surface area (Å²) in [5, 5.41) is 6.76. The van der Waals surface area contributed by atoms with Gasteiger partial charge in [0.1, 0.15) is 0 Å². The summed E-state index contributed by atoms with van der Waals surface area (Å²) < 4.78 is 2.07. The average molecular weight is 415 g/mol. The number of benzene rings is 2. The van der Waals surface area contributed by atoms with Gasteiger partial charge >= 0.3 is 0 Å². The van der Waals surface area contributed by atoms with Crippen molar-refractivity contribution in [2.24, 2.45) is 5.92 Å². The molecule has 8 nitrogen and oxygen atoms in total. The fraction of sp³-hybridized carbons (Fsp3) is 0.261. The molecule has 2 aromatic heterocycles. The minimum atomic E-state index is 0.611. The van der Waals surface area contributed by atoms with E-state index in [1.165, 1.54) is 18.4 Å². The third kappa shape index (κ3) is 4.53. The Morgan fingerprint density at radius 3 is 2.61 bits per heavy atom. The number of aryl methyl sites for hydroxylation is 2. The number of nitrogens with zero attached hydrogens (tertiary/aromatic N) is 4. The predicted molar refractivity (Wildman–Crippen MR) is 125 cm³/mol. The van der Waals surface area contributed by atoms with Crippen LogP contribution in [0.25, 0.3) is 11.2 Å². The Hall–Kier alpha value is -3.81. The third-order valence-electron chi connectivity index (χ3n) is 5.48. The monoisotopic (exact) mass is 414 g/mol. The fourth-order valence-electron chi connectivity index (χ4n) is 3.52. The Labute approximate surface area is 180 Å². The number of imidazole rings is 1. The summed E-state index contributed by atoms with van der Waals surface area (Å²) in [6.45, 7) is 1.65. The molecule has 0 aliphatic heterocycles. The van der Waals surface area contributed by atoms with Crippen LogP contribution in [-0.4, -0.2) is 26.1 Å². The van der Waals surface area contributed by atoms with Crippen LogP contribution >= 0.6 is 0 Å². The van der Waals surface area contributed by atoms with Gasteiger partial charge in [-0.1, -0.05) is 18.2 Å². The highest BCUT2D eigenvalue weighted by Crippen LogP contribution is 2.30. The van der Waals surface area contributed by atoms with E-state index in [4.69, 9.17) is 21.4 Å². The van der Waals surface area contributed by atoms with Crippen molar-refractivity contribution in [3.8, 4) is 0 Å². The van der Waals surface area contributed by atoms with Crippen LogP contribution in [0.4, 0.5) is 28.8 Å². The van der Waals surface area contributed by atoms with Crippen LogP contribution in [0.1, 0.15) is 18.4 Å². The van der Waals surface area contributed by atoms with E-state index in [2.05, 4.69) is 32.3 Å². The molecule has 1 fully saturated rings. The molecule has 1 saturated carbocycles. The molecule has 0 spiro atoms. The highest BCUT2D eigenvalue weighted by Gasteiger charge is 2.22. The summed E-state index contributed by atoms with van der Waals surface area (Å²) >= 11 is 0. The van der Waals surface area contributed by atoms with Crippen molar-refractivity contribution in [1.82, 2.24) is 19.5 Å². The lowest BCUT2D eigenvalue weighted by atomic mass is 10.1. The Morgan fingerprint density at radius 2 is 1.84 bits per heavy atom. The molecule has 0 amide bonds. The molecular formula is C23H26N8. The quantitative estimate of drug-likeness (QED) is 0.324. The van der Waals surface area contributed by atoms with Crippen LogP contribution in [0.5, 0.6) is 0 Å². The lowest BCUT2D eigenvalue weighted by Crippen LogP contribution is -2.10. The number of nitrogen functional groups attached to an aromatic ring is 2. The van der Waals surface area contributed by atoms with Gasteiger partial charge < -0.3 is 26.7 Å². The van der Waals surface area contributed by atoms with E-state index in [1.54, 1.807) is 0 Å². The second-order valence-corrected chi connectivity index (χ2v) is 8.07. The molecule has 4 aromatic rings. The van der Waals surface area contributed by atoms with Gasteiger partial charge in [0.25, 0.3) is 0 Å². The van der Waals surface area contributed by atoms with E-state index in [0.717, 1.165) is 48.0 Å². The first-order chi connectivity index (χ1) is 15.1. The molecule has 0 unspecified atom stereocenters. The molecule has 1 aliphatic rings. The van der Waals surface area contributed by atoms with E-state index >= 15 is 0 Å². The maximum absolute atomic E-state index is 5.94. The molecule has 6 N–H and O–H groups in total. The molecule has 158 valence electrons. The first kappa shape index (κ1) is 19.2. The molecule has 0 atom stereocenters. The Morgan fingerprint density at radius 1 is 1.00 bits per heavy atom. The van der Waals surface area contributed by atoms with E-state index in [1.807, 2.05) is 42.7 Å². The van der Waals surface area contributed by atoms with Gasteiger partial charge in [0, 0.05) is 30.2 Å². The van der Waals surface area contributed by atoms with Gasteiger partial charge in [-0.25, -0.2) is 4.98 Å². The van der Waals surface area contributed by atoms with Crippen LogP contribution in [-0.2, 0) is 13.0 Å². The van der Waals surface area contributed by atoms with Gasteiger partial charge in [-0.3, -0.25) is 0 Å². The molecule has 2 aromatic carbocycles. The second-order valence-electron chi connectivity index (χ2n) is 8.07. The second kappa shape index (κ2) is 8.14. The van der Waals surface area contributed by atoms with Gasteiger partial charge in [-0.05, 0) is 61.1 Å². The minimum absolute atomic E-state index is 0.611. The topological polar surface area (TPSA) is 120 Å². The summed E-state index contributed by atoms with van der Waals surface area (Å²) in [6.07, 6.45) is 5.22. The zero-order valence-electron chi connectivity index (χ0n) is 17.3. The first-order valence-electron chi connectivity index (χ1n) is 10.6. The Bertz CT molecular complexity index is 1190. The minimum Gasteiger partial charge on any atom is -0.399 e. The maximum Gasteiger partial charge on any atom is 0.226 e. The van der Waals surface area contributed by atoms with Crippen molar-refractivity contribution in [2.45, 2.75) is 25.8 Å². The van der Waals surface area contributed by atoms with Crippen LogP contribution in [0.2, 0.25) is 0 Å². The fourth-order valence-corrected chi connectivity index (χ4v) is 3.52. The number of hydrogen-bond donors (Lipinski definition) is 4. The average Bonchev–Trinajstić information content (AvgIpc) is 3.51. The zero-order chi connectivity index (χ0) is 21.2. The molecule has 8 heteroatoms. The van der Waals surface area contributed by atoms with Crippen molar-refractivity contribution < 1.29 is 0 Å². The van der Waals surface area contributed by atoms with E-state index in [0.29, 0.717) is 17.5 Å². The highest BCUT2D eigenvalue weighted by atomic mass is 15.2. The van der Waals surface area contributed by atoms with Crippen molar-refractivity contribution in [1.29, 1.82) is 0 Å². The lowest BCUT2D eigenvalue weighted by Gasteiger charge is -2.11. The Balaban J connectivity index is 1.45. The van der Waals surface area contributed by atoms with Crippen molar-refractivity contribution >= 4 is 40.0 Å². The van der Waals surface area contributed by atoms with Crippen molar-refractivity contribution in [2.75, 3.05) is 28.6 Å². The molecular weight excluding hydrogens is 388 g/mol. The number of anilines is 5. The van der Waals surface area contributed by atoms with Crippen LogP contribution in [0, 0.1) is 5.92 Å². The highest BCUT2D eigenvalue weighted by molar-refractivity contribution is 5.86. The van der Waals surface area contributed by atoms with Crippen molar-refractivity contribution in [3.05, 3.63) is 60.4 Å². The Kier molecular flexibility index (Phi) is 5.03. The van der Waals surface area contributed by atoms with Crippen molar-refractivity contribution in [3.63, 3.8) is 0 Å². The summed E-state index contributed by atoms with van der Waals surface area (Å²) in [6, 6.07) is 15.6. The molecule has 0 radical (unpaired) electrons.